The molecule has 0 heterocycles. The Labute approximate surface area is 64.6 Å². The topological polar surface area (TPSA) is 20.2 Å². The van der Waals surface area contributed by atoms with Crippen LogP contribution < -0.4 is 0 Å². The molecule has 1 N–H and O–H groups in total. The number of rotatable bonds is 4. The SMILES string of the molecule is OC[C@H]1C[C@H]1CCCBr. The second kappa shape index (κ2) is 3.57. The zero-order valence-corrected chi connectivity index (χ0v) is 7.10. The zero-order chi connectivity index (χ0) is 6.69. The molecular weight excluding hydrogens is 180 g/mol. The summed E-state index contributed by atoms with van der Waals surface area (Å²) in [5.74, 6) is 1.51. The van der Waals surface area contributed by atoms with Crippen molar-refractivity contribution in [3.63, 3.8) is 0 Å². The van der Waals surface area contributed by atoms with E-state index in [-0.39, 0.29) is 0 Å². The first-order valence-electron chi connectivity index (χ1n) is 3.55. The summed E-state index contributed by atoms with van der Waals surface area (Å²) in [5.41, 5.74) is 0. The molecule has 9 heavy (non-hydrogen) atoms. The fourth-order valence-corrected chi connectivity index (χ4v) is 1.55. The van der Waals surface area contributed by atoms with Crippen molar-refractivity contribution < 1.29 is 5.11 Å². The first kappa shape index (κ1) is 7.55. The molecule has 0 aromatic heterocycles. The number of halogens is 1. The van der Waals surface area contributed by atoms with E-state index in [0.717, 1.165) is 11.2 Å². The minimum absolute atomic E-state index is 0.410. The van der Waals surface area contributed by atoms with E-state index >= 15 is 0 Å². The van der Waals surface area contributed by atoms with Gasteiger partial charge in [-0.2, -0.15) is 0 Å². The smallest absolute Gasteiger partial charge is 0.0462 e. The van der Waals surface area contributed by atoms with Gasteiger partial charge in [-0.05, 0) is 31.1 Å². The Hall–Kier alpha value is 0.440. The largest absolute Gasteiger partial charge is 0.396 e. The van der Waals surface area contributed by atoms with E-state index in [2.05, 4.69) is 15.9 Å². The highest BCUT2D eigenvalue weighted by Gasteiger charge is 2.34. The third-order valence-electron chi connectivity index (χ3n) is 2.01. The van der Waals surface area contributed by atoms with Crippen molar-refractivity contribution in [3.05, 3.63) is 0 Å². The first-order chi connectivity index (χ1) is 4.38. The van der Waals surface area contributed by atoms with E-state index in [1.165, 1.54) is 19.3 Å². The maximum absolute atomic E-state index is 8.66. The standard InChI is InChI=1S/C7H13BrO/c8-3-1-2-6-4-7(6)5-9/h6-7,9H,1-5H2/t6-,7-/m1/s1. The van der Waals surface area contributed by atoms with Crippen LogP contribution in [0.3, 0.4) is 0 Å². The molecule has 1 nitrogen and oxygen atoms in total. The summed E-state index contributed by atoms with van der Waals surface area (Å²) in [5, 5.41) is 9.78. The van der Waals surface area contributed by atoms with Crippen LogP contribution in [0.25, 0.3) is 0 Å². The van der Waals surface area contributed by atoms with Gasteiger partial charge in [0.2, 0.25) is 0 Å². The molecular formula is C7H13BrO. The lowest BCUT2D eigenvalue weighted by atomic mass is 10.2. The Balaban J connectivity index is 1.92. The van der Waals surface area contributed by atoms with E-state index in [0.29, 0.717) is 12.5 Å². The number of aliphatic hydroxyl groups is 1. The van der Waals surface area contributed by atoms with Crippen LogP contribution in [0.5, 0.6) is 0 Å². The average Bonchev–Trinajstić information content (AvgIpc) is 2.62. The van der Waals surface area contributed by atoms with Gasteiger partial charge in [-0.15, -0.1) is 0 Å². The van der Waals surface area contributed by atoms with Gasteiger partial charge in [0.25, 0.3) is 0 Å². The van der Waals surface area contributed by atoms with Crippen LogP contribution >= 0.6 is 15.9 Å². The summed E-state index contributed by atoms with van der Waals surface area (Å²) < 4.78 is 0. The summed E-state index contributed by atoms with van der Waals surface area (Å²) in [6.07, 6.45) is 3.83. The third kappa shape index (κ3) is 2.26. The lowest BCUT2D eigenvalue weighted by molar-refractivity contribution is 0.267. The predicted octanol–water partition coefficient (Wildman–Crippen LogP) is 1.79. The fraction of sp³-hybridized carbons (Fsp3) is 1.00. The van der Waals surface area contributed by atoms with E-state index in [1.807, 2.05) is 0 Å². The van der Waals surface area contributed by atoms with Crippen molar-refractivity contribution in [2.75, 3.05) is 11.9 Å². The molecule has 0 bridgehead atoms. The summed E-state index contributed by atoms with van der Waals surface area (Å²) in [6.45, 7) is 0.410. The second-order valence-corrected chi connectivity index (χ2v) is 3.56. The Morgan fingerprint density at radius 2 is 2.22 bits per heavy atom. The van der Waals surface area contributed by atoms with Gasteiger partial charge in [-0.3, -0.25) is 0 Å². The highest BCUT2D eigenvalue weighted by atomic mass is 79.9. The van der Waals surface area contributed by atoms with Gasteiger partial charge in [-0.1, -0.05) is 15.9 Å². The molecule has 0 amide bonds. The number of alkyl halides is 1. The maximum atomic E-state index is 8.66. The van der Waals surface area contributed by atoms with Crippen molar-refractivity contribution in [1.29, 1.82) is 0 Å². The maximum Gasteiger partial charge on any atom is 0.0462 e. The van der Waals surface area contributed by atoms with Crippen molar-refractivity contribution >= 4 is 15.9 Å². The summed E-state index contributed by atoms with van der Waals surface area (Å²) in [7, 11) is 0. The fourth-order valence-electron chi connectivity index (χ4n) is 1.23. The van der Waals surface area contributed by atoms with Gasteiger partial charge in [0.15, 0.2) is 0 Å². The van der Waals surface area contributed by atoms with Crippen molar-refractivity contribution in [3.8, 4) is 0 Å². The third-order valence-corrected chi connectivity index (χ3v) is 2.57. The van der Waals surface area contributed by atoms with E-state index < -0.39 is 0 Å². The molecule has 0 saturated heterocycles. The van der Waals surface area contributed by atoms with Crippen LogP contribution in [0, 0.1) is 11.8 Å². The molecule has 0 radical (unpaired) electrons. The van der Waals surface area contributed by atoms with Crippen LogP contribution in [0.2, 0.25) is 0 Å². The van der Waals surface area contributed by atoms with Gasteiger partial charge in [0.1, 0.15) is 0 Å². The molecule has 2 atom stereocenters. The molecule has 1 rings (SSSR count). The second-order valence-electron chi connectivity index (χ2n) is 2.77. The van der Waals surface area contributed by atoms with E-state index in [4.69, 9.17) is 5.11 Å². The minimum Gasteiger partial charge on any atom is -0.396 e. The number of hydrogen-bond donors (Lipinski definition) is 1. The van der Waals surface area contributed by atoms with E-state index in [9.17, 15) is 0 Å². The Morgan fingerprint density at radius 3 is 2.67 bits per heavy atom. The molecule has 0 aliphatic heterocycles. The van der Waals surface area contributed by atoms with Crippen LogP contribution in [0.1, 0.15) is 19.3 Å². The zero-order valence-electron chi connectivity index (χ0n) is 5.52. The van der Waals surface area contributed by atoms with Crippen molar-refractivity contribution in [2.24, 2.45) is 11.8 Å². The molecule has 0 aromatic rings. The molecule has 54 valence electrons. The quantitative estimate of drug-likeness (QED) is 0.675. The molecule has 0 spiro atoms. The van der Waals surface area contributed by atoms with Gasteiger partial charge in [0.05, 0.1) is 0 Å². The Bertz CT molecular complexity index is 85.0. The lowest BCUT2D eigenvalue weighted by Gasteiger charge is -1.92. The molecule has 1 aliphatic carbocycles. The molecule has 1 saturated carbocycles. The molecule has 1 aliphatic rings. The van der Waals surface area contributed by atoms with E-state index in [1.54, 1.807) is 0 Å². The average molecular weight is 193 g/mol. The Kier molecular flexibility index (Phi) is 2.99. The van der Waals surface area contributed by atoms with Crippen molar-refractivity contribution in [2.45, 2.75) is 19.3 Å². The van der Waals surface area contributed by atoms with Crippen LogP contribution in [-0.2, 0) is 0 Å². The number of aliphatic hydroxyl groups excluding tert-OH is 1. The highest BCUT2D eigenvalue weighted by molar-refractivity contribution is 9.09. The molecule has 0 unspecified atom stereocenters. The highest BCUT2D eigenvalue weighted by Crippen LogP contribution is 2.41. The summed E-state index contributed by atoms with van der Waals surface area (Å²) in [4.78, 5) is 0. The van der Waals surface area contributed by atoms with Gasteiger partial charge >= 0.3 is 0 Å². The monoisotopic (exact) mass is 192 g/mol. The predicted molar refractivity (Wildman–Crippen MR) is 41.7 cm³/mol. The van der Waals surface area contributed by atoms with Gasteiger partial charge in [-0.25, -0.2) is 0 Å². The van der Waals surface area contributed by atoms with Gasteiger partial charge < -0.3 is 5.11 Å². The molecule has 0 aromatic carbocycles. The minimum atomic E-state index is 0.410. The van der Waals surface area contributed by atoms with Crippen LogP contribution in [0.4, 0.5) is 0 Å². The van der Waals surface area contributed by atoms with Gasteiger partial charge in [0, 0.05) is 11.9 Å². The first-order valence-corrected chi connectivity index (χ1v) is 4.67. The summed E-state index contributed by atoms with van der Waals surface area (Å²) >= 11 is 3.38. The van der Waals surface area contributed by atoms with Crippen LogP contribution in [-0.4, -0.2) is 17.0 Å². The number of hydrogen-bond acceptors (Lipinski definition) is 1. The molecule has 1 fully saturated rings. The van der Waals surface area contributed by atoms with Crippen molar-refractivity contribution in [1.82, 2.24) is 0 Å². The Morgan fingerprint density at radius 1 is 1.44 bits per heavy atom. The van der Waals surface area contributed by atoms with Crippen LogP contribution in [0.15, 0.2) is 0 Å². The molecule has 2 heteroatoms. The normalized spacial score (nSPS) is 32.7. The summed E-state index contributed by atoms with van der Waals surface area (Å²) in [6, 6.07) is 0. The lowest BCUT2D eigenvalue weighted by Crippen LogP contribution is -1.88.